The Balaban J connectivity index is 1.78. The van der Waals surface area contributed by atoms with Gasteiger partial charge in [0.15, 0.2) is 0 Å². The maximum Gasteiger partial charge on any atom is 0.283 e. The van der Waals surface area contributed by atoms with Crippen LogP contribution in [0.1, 0.15) is 16.1 Å². The van der Waals surface area contributed by atoms with Crippen LogP contribution in [-0.2, 0) is 6.54 Å². The largest absolute Gasteiger partial charge is 0.360 e. The summed E-state index contributed by atoms with van der Waals surface area (Å²) >= 11 is 0. The maximum atomic E-state index is 13.1. The van der Waals surface area contributed by atoms with E-state index >= 15 is 0 Å². The second-order valence-corrected chi connectivity index (χ2v) is 5.92. The number of amides is 1. The van der Waals surface area contributed by atoms with Gasteiger partial charge in [-0.05, 0) is 29.8 Å². The number of H-pyrrole nitrogens is 1. The van der Waals surface area contributed by atoms with Crippen LogP contribution in [0.15, 0.2) is 60.8 Å². The molecule has 0 aliphatic carbocycles. The van der Waals surface area contributed by atoms with Crippen molar-refractivity contribution in [2.24, 2.45) is 5.84 Å². The van der Waals surface area contributed by atoms with Crippen LogP contribution in [0.2, 0.25) is 0 Å². The summed E-state index contributed by atoms with van der Waals surface area (Å²) in [7, 11) is 0. The van der Waals surface area contributed by atoms with Crippen LogP contribution in [0.25, 0.3) is 22.2 Å². The molecule has 0 unspecified atom stereocenters. The molecule has 0 radical (unpaired) electrons. The lowest BCUT2D eigenvalue weighted by molar-refractivity contribution is 0.0943. The Morgan fingerprint density at radius 3 is 2.73 bits per heavy atom. The maximum absolute atomic E-state index is 13.1. The number of benzene rings is 2. The van der Waals surface area contributed by atoms with Crippen LogP contribution in [0.4, 0.5) is 4.39 Å². The number of nitrogens with one attached hydrogen (secondary N) is 2. The topological polar surface area (TPSA) is 88.7 Å². The van der Waals surface area contributed by atoms with Gasteiger partial charge in [0.1, 0.15) is 11.5 Å². The molecule has 0 aliphatic rings. The molecule has 2 aromatic carbocycles. The van der Waals surface area contributed by atoms with Crippen molar-refractivity contribution in [2.45, 2.75) is 6.54 Å². The molecule has 0 spiro atoms. The highest BCUT2D eigenvalue weighted by Crippen LogP contribution is 2.28. The summed E-state index contributed by atoms with van der Waals surface area (Å²) in [6.07, 6.45) is 1.86. The number of nitrogens with zero attached hydrogens (tertiary/aromatic N) is 2. The van der Waals surface area contributed by atoms with Gasteiger partial charge in [-0.2, -0.15) is 5.10 Å². The second kappa shape index (κ2) is 6.45. The molecule has 2 heterocycles. The van der Waals surface area contributed by atoms with E-state index in [0.717, 1.165) is 22.0 Å². The summed E-state index contributed by atoms with van der Waals surface area (Å²) in [5.41, 5.74) is 5.84. The van der Waals surface area contributed by atoms with Crippen molar-refractivity contribution in [3.05, 3.63) is 77.9 Å². The molecule has 0 atom stereocenters. The van der Waals surface area contributed by atoms with Gasteiger partial charge in [-0.25, -0.2) is 10.2 Å². The molecule has 0 fully saturated rings. The Kier molecular flexibility index (Phi) is 3.98. The highest BCUT2D eigenvalue weighted by Gasteiger charge is 2.17. The lowest BCUT2D eigenvalue weighted by atomic mass is 10.1. The lowest BCUT2D eigenvalue weighted by Crippen LogP contribution is -2.32. The van der Waals surface area contributed by atoms with Crippen LogP contribution in [0.3, 0.4) is 0 Å². The van der Waals surface area contributed by atoms with Gasteiger partial charge in [-0.3, -0.25) is 14.9 Å². The van der Waals surface area contributed by atoms with E-state index in [0.29, 0.717) is 17.9 Å². The zero-order chi connectivity index (χ0) is 18.1. The average Bonchev–Trinajstić information content (AvgIpc) is 3.27. The first-order valence-corrected chi connectivity index (χ1v) is 8.05. The van der Waals surface area contributed by atoms with Gasteiger partial charge >= 0.3 is 0 Å². The Morgan fingerprint density at radius 1 is 1.19 bits per heavy atom. The van der Waals surface area contributed by atoms with Crippen LogP contribution in [0.5, 0.6) is 0 Å². The summed E-state index contributed by atoms with van der Waals surface area (Å²) < 4.78 is 14.7. The fraction of sp³-hybridized carbons (Fsp3) is 0.0526. The Morgan fingerprint density at radius 2 is 1.96 bits per heavy atom. The number of nitrogens with two attached hydrogens (primary N) is 1. The molecule has 0 saturated heterocycles. The molecular formula is C19H16FN5O. The normalized spacial score (nSPS) is 11.0. The summed E-state index contributed by atoms with van der Waals surface area (Å²) in [4.78, 5) is 15.4. The zero-order valence-corrected chi connectivity index (χ0v) is 13.7. The first-order chi connectivity index (χ1) is 12.7. The monoisotopic (exact) mass is 349 g/mol. The number of halogens is 1. The quantitative estimate of drug-likeness (QED) is 0.301. The number of para-hydroxylation sites is 1. The molecular weight excluding hydrogens is 333 g/mol. The number of aromatic nitrogens is 3. The molecule has 130 valence electrons. The number of rotatable bonds is 4. The van der Waals surface area contributed by atoms with Gasteiger partial charge in [0.25, 0.3) is 5.91 Å². The van der Waals surface area contributed by atoms with E-state index in [1.807, 2.05) is 30.5 Å². The molecule has 0 saturated carbocycles. The molecule has 1 amide bonds. The van der Waals surface area contributed by atoms with E-state index in [1.54, 1.807) is 22.9 Å². The van der Waals surface area contributed by atoms with Crippen molar-refractivity contribution >= 4 is 16.8 Å². The van der Waals surface area contributed by atoms with Gasteiger partial charge in [0, 0.05) is 22.7 Å². The van der Waals surface area contributed by atoms with Gasteiger partial charge in [-0.1, -0.05) is 30.3 Å². The van der Waals surface area contributed by atoms with E-state index in [2.05, 4.69) is 15.5 Å². The molecule has 0 aliphatic heterocycles. The van der Waals surface area contributed by atoms with E-state index in [1.165, 1.54) is 12.1 Å². The number of hydrazine groups is 1. The fourth-order valence-corrected chi connectivity index (χ4v) is 2.97. The minimum absolute atomic E-state index is 0.311. The molecule has 4 rings (SSSR count). The van der Waals surface area contributed by atoms with Gasteiger partial charge < -0.3 is 4.98 Å². The molecule has 4 aromatic rings. The van der Waals surface area contributed by atoms with Gasteiger partial charge in [-0.15, -0.1) is 0 Å². The minimum atomic E-state index is -0.439. The molecule has 6 nitrogen and oxygen atoms in total. The number of nitrogen functional groups attached to an aromatic ring is 1. The highest BCUT2D eigenvalue weighted by atomic mass is 19.1. The number of fused-ring (bicyclic) bond motifs is 1. The highest BCUT2D eigenvalue weighted by molar-refractivity contribution is 5.97. The number of hydrogen-bond acceptors (Lipinski definition) is 3. The van der Waals surface area contributed by atoms with Crippen molar-refractivity contribution in [1.29, 1.82) is 0 Å². The first kappa shape index (κ1) is 16.0. The van der Waals surface area contributed by atoms with Crippen molar-refractivity contribution in [3.63, 3.8) is 0 Å². The molecule has 26 heavy (non-hydrogen) atoms. The summed E-state index contributed by atoms with van der Waals surface area (Å²) in [6.45, 7) is 0.325. The van der Waals surface area contributed by atoms with Crippen LogP contribution < -0.4 is 11.3 Å². The molecule has 2 aromatic heterocycles. The number of aromatic amines is 1. The van der Waals surface area contributed by atoms with Crippen molar-refractivity contribution in [1.82, 2.24) is 20.2 Å². The minimum Gasteiger partial charge on any atom is -0.360 e. The SMILES string of the molecule is NNC(=O)c1cc(-c2c[nH]c3ccccc23)nn1Cc1ccc(F)cc1. The van der Waals surface area contributed by atoms with E-state index < -0.39 is 5.91 Å². The first-order valence-electron chi connectivity index (χ1n) is 8.05. The van der Waals surface area contributed by atoms with Crippen molar-refractivity contribution in [3.8, 4) is 11.3 Å². The van der Waals surface area contributed by atoms with Gasteiger partial charge in [0.2, 0.25) is 0 Å². The van der Waals surface area contributed by atoms with E-state index in [-0.39, 0.29) is 5.82 Å². The van der Waals surface area contributed by atoms with Crippen LogP contribution >= 0.6 is 0 Å². The Labute approximate surface area is 148 Å². The lowest BCUT2D eigenvalue weighted by Gasteiger charge is -2.06. The average molecular weight is 349 g/mol. The van der Waals surface area contributed by atoms with Crippen LogP contribution in [-0.4, -0.2) is 20.7 Å². The third-order valence-corrected chi connectivity index (χ3v) is 4.25. The van der Waals surface area contributed by atoms with E-state index in [9.17, 15) is 9.18 Å². The number of carbonyl (C=O) groups excluding carboxylic acids is 1. The van der Waals surface area contributed by atoms with Crippen molar-refractivity contribution < 1.29 is 9.18 Å². The predicted octanol–water partition coefficient (Wildman–Crippen LogP) is 2.82. The Hall–Kier alpha value is -3.45. The predicted molar refractivity (Wildman–Crippen MR) is 96.7 cm³/mol. The number of hydrogen-bond donors (Lipinski definition) is 3. The smallest absolute Gasteiger partial charge is 0.283 e. The number of carbonyl (C=O) groups is 1. The molecule has 4 N–H and O–H groups in total. The third kappa shape index (κ3) is 2.84. The summed E-state index contributed by atoms with van der Waals surface area (Å²) in [5.74, 6) is 4.56. The molecule has 0 bridgehead atoms. The van der Waals surface area contributed by atoms with E-state index in [4.69, 9.17) is 5.84 Å². The zero-order valence-electron chi connectivity index (χ0n) is 13.7. The Bertz CT molecular complexity index is 1080. The second-order valence-electron chi connectivity index (χ2n) is 5.92. The van der Waals surface area contributed by atoms with Crippen LogP contribution in [0, 0.1) is 5.82 Å². The summed E-state index contributed by atoms with van der Waals surface area (Å²) in [6, 6.07) is 15.6. The molecule has 7 heteroatoms. The fourth-order valence-electron chi connectivity index (χ4n) is 2.97. The summed E-state index contributed by atoms with van der Waals surface area (Å²) in [5, 5.41) is 5.59. The van der Waals surface area contributed by atoms with Crippen molar-refractivity contribution in [2.75, 3.05) is 0 Å². The third-order valence-electron chi connectivity index (χ3n) is 4.25. The standard InChI is InChI=1S/C19H16FN5O/c20-13-7-5-12(6-8-13)11-25-18(19(26)23-21)9-17(24-25)15-10-22-16-4-2-1-3-14(15)16/h1-10,22H,11,21H2,(H,23,26). The van der Waals surface area contributed by atoms with Gasteiger partial charge in [0.05, 0.1) is 12.2 Å².